The minimum Gasteiger partial charge on any atom is -0.482 e. The van der Waals surface area contributed by atoms with Crippen LogP contribution in [0.15, 0.2) is 47.4 Å². The molecular weight excluding hydrogens is 350 g/mol. The number of carbonyl (C=O) groups excluding carboxylic acids is 1. The van der Waals surface area contributed by atoms with Crippen molar-refractivity contribution in [2.75, 3.05) is 11.9 Å². The highest BCUT2D eigenvalue weighted by molar-refractivity contribution is 8.00. The van der Waals surface area contributed by atoms with Gasteiger partial charge in [-0.25, -0.2) is 4.79 Å². The third-order valence-electron chi connectivity index (χ3n) is 3.33. The molecule has 0 aliphatic rings. The summed E-state index contributed by atoms with van der Waals surface area (Å²) in [6.45, 7) is 7.97. The summed E-state index contributed by atoms with van der Waals surface area (Å²) in [6.07, 6.45) is 0. The predicted octanol–water partition coefficient (Wildman–Crippen LogP) is 4.60. The summed E-state index contributed by atoms with van der Waals surface area (Å²) < 4.78 is 5.23. The summed E-state index contributed by atoms with van der Waals surface area (Å²) >= 11 is 1.77. The van der Waals surface area contributed by atoms with Gasteiger partial charge in [0.05, 0.1) is 0 Å². The first-order valence-electron chi connectivity index (χ1n) is 8.20. The van der Waals surface area contributed by atoms with Crippen molar-refractivity contribution in [2.45, 2.75) is 37.3 Å². The van der Waals surface area contributed by atoms with Gasteiger partial charge in [0.15, 0.2) is 6.61 Å². The van der Waals surface area contributed by atoms with E-state index in [1.165, 1.54) is 6.07 Å². The number of rotatable bonds is 6. The van der Waals surface area contributed by atoms with E-state index in [9.17, 15) is 9.59 Å². The number of nitrogens with one attached hydrogen (secondary N) is 1. The quantitative estimate of drug-likeness (QED) is 0.724. The average Bonchev–Trinajstić information content (AvgIpc) is 2.54. The molecule has 2 N–H and O–H groups in total. The first-order chi connectivity index (χ1) is 12.1. The number of thioether (sulfide) groups is 1. The van der Waals surface area contributed by atoms with Gasteiger partial charge in [-0.1, -0.05) is 26.8 Å². The molecule has 26 heavy (non-hydrogen) atoms. The van der Waals surface area contributed by atoms with Crippen LogP contribution in [0, 0.1) is 6.92 Å². The van der Waals surface area contributed by atoms with Crippen molar-refractivity contribution in [3.05, 3.63) is 53.6 Å². The molecule has 0 aliphatic heterocycles. The molecule has 0 saturated carbocycles. The van der Waals surface area contributed by atoms with Crippen LogP contribution < -0.4 is 10.1 Å². The van der Waals surface area contributed by atoms with Crippen LogP contribution in [0.4, 0.5) is 5.69 Å². The van der Waals surface area contributed by atoms with Gasteiger partial charge in [0, 0.05) is 20.9 Å². The molecule has 0 bridgehead atoms. The zero-order valence-electron chi connectivity index (χ0n) is 15.3. The Kier molecular flexibility index (Phi) is 6.32. The van der Waals surface area contributed by atoms with Gasteiger partial charge in [-0.2, -0.15) is 0 Å². The van der Waals surface area contributed by atoms with Crippen molar-refractivity contribution < 1.29 is 19.4 Å². The number of carbonyl (C=O) groups is 2. The van der Waals surface area contributed by atoms with Crippen LogP contribution in [0.25, 0.3) is 0 Å². The molecule has 0 fully saturated rings. The summed E-state index contributed by atoms with van der Waals surface area (Å²) in [5.41, 5.74) is 2.12. The van der Waals surface area contributed by atoms with Crippen molar-refractivity contribution in [1.82, 2.24) is 0 Å². The number of aryl methyl sites for hydroxylation is 1. The summed E-state index contributed by atoms with van der Waals surface area (Å²) in [7, 11) is 0. The van der Waals surface area contributed by atoms with Gasteiger partial charge in [0.1, 0.15) is 5.75 Å². The lowest BCUT2D eigenvalue weighted by Crippen LogP contribution is -2.14. The zero-order chi connectivity index (χ0) is 19.3. The maximum absolute atomic E-state index is 12.5. The van der Waals surface area contributed by atoms with Gasteiger partial charge < -0.3 is 15.2 Å². The molecule has 0 aromatic heterocycles. The Bertz CT molecular complexity index is 812. The first kappa shape index (κ1) is 19.8. The van der Waals surface area contributed by atoms with E-state index in [1.807, 2.05) is 19.1 Å². The van der Waals surface area contributed by atoms with Crippen molar-refractivity contribution in [3.8, 4) is 5.75 Å². The van der Waals surface area contributed by atoms with Gasteiger partial charge in [-0.05, 0) is 48.9 Å². The number of benzene rings is 2. The second kappa shape index (κ2) is 8.27. The fourth-order valence-corrected chi connectivity index (χ4v) is 3.34. The molecule has 0 radical (unpaired) electrons. The maximum atomic E-state index is 12.5. The molecule has 138 valence electrons. The van der Waals surface area contributed by atoms with E-state index in [2.05, 4.69) is 32.2 Å². The summed E-state index contributed by atoms with van der Waals surface area (Å²) in [5, 5.41) is 11.6. The Balaban J connectivity index is 2.10. The number of carboxylic acids is 1. The third-order valence-corrected chi connectivity index (χ3v) is 4.43. The van der Waals surface area contributed by atoms with E-state index < -0.39 is 12.6 Å². The van der Waals surface area contributed by atoms with Crippen molar-refractivity contribution >= 4 is 29.3 Å². The largest absolute Gasteiger partial charge is 0.482 e. The van der Waals surface area contributed by atoms with Crippen LogP contribution in [0.1, 0.15) is 36.7 Å². The first-order valence-corrected chi connectivity index (χ1v) is 9.01. The third kappa shape index (κ3) is 6.11. The Morgan fingerprint density at radius 2 is 1.88 bits per heavy atom. The van der Waals surface area contributed by atoms with Gasteiger partial charge in [-0.3, -0.25) is 4.79 Å². The lowest BCUT2D eigenvalue weighted by atomic mass is 10.1. The van der Waals surface area contributed by atoms with Gasteiger partial charge in [0.2, 0.25) is 0 Å². The number of amides is 1. The normalized spacial score (nSPS) is 11.1. The SMILES string of the molecule is Cc1cc(SC(C)(C)C)ccc1NC(=O)c1cccc(OCC(=O)O)c1. The number of hydrogen-bond acceptors (Lipinski definition) is 4. The van der Waals surface area contributed by atoms with Gasteiger partial charge in [0.25, 0.3) is 5.91 Å². The van der Waals surface area contributed by atoms with Crippen molar-refractivity contribution in [1.29, 1.82) is 0 Å². The van der Waals surface area contributed by atoms with Crippen LogP contribution in [0.5, 0.6) is 5.75 Å². The highest BCUT2D eigenvalue weighted by Gasteiger charge is 2.14. The van der Waals surface area contributed by atoms with Crippen LogP contribution >= 0.6 is 11.8 Å². The van der Waals surface area contributed by atoms with Crippen LogP contribution in [0.2, 0.25) is 0 Å². The summed E-state index contributed by atoms with van der Waals surface area (Å²) in [4.78, 5) is 24.2. The average molecular weight is 373 g/mol. The summed E-state index contributed by atoms with van der Waals surface area (Å²) in [6, 6.07) is 12.4. The Morgan fingerprint density at radius 1 is 1.15 bits per heavy atom. The van der Waals surface area contributed by atoms with E-state index in [0.717, 1.165) is 16.1 Å². The molecule has 0 unspecified atom stereocenters. The molecule has 0 atom stereocenters. The predicted molar refractivity (Wildman–Crippen MR) is 104 cm³/mol. The summed E-state index contributed by atoms with van der Waals surface area (Å²) in [5.74, 6) is -0.998. The fourth-order valence-electron chi connectivity index (χ4n) is 2.26. The van der Waals surface area contributed by atoms with Crippen molar-refractivity contribution in [2.24, 2.45) is 0 Å². The van der Waals surface area contributed by atoms with E-state index in [1.54, 1.807) is 30.0 Å². The second-order valence-electron chi connectivity index (χ2n) is 6.86. The minimum absolute atomic E-state index is 0.119. The number of ether oxygens (including phenoxy) is 1. The molecule has 5 nitrogen and oxygen atoms in total. The van der Waals surface area contributed by atoms with E-state index in [0.29, 0.717) is 11.3 Å². The molecule has 0 aliphatic carbocycles. The Hall–Kier alpha value is -2.47. The number of carboxylic acid groups (broad SMARTS) is 1. The molecule has 6 heteroatoms. The van der Waals surface area contributed by atoms with Gasteiger partial charge >= 0.3 is 5.97 Å². The molecule has 1 amide bonds. The fraction of sp³-hybridized carbons (Fsp3) is 0.300. The van der Waals surface area contributed by atoms with Crippen molar-refractivity contribution in [3.63, 3.8) is 0 Å². The van der Waals surface area contributed by atoms with Crippen LogP contribution in [0.3, 0.4) is 0 Å². The highest BCUT2D eigenvalue weighted by Crippen LogP contribution is 2.33. The lowest BCUT2D eigenvalue weighted by Gasteiger charge is -2.18. The molecular formula is C20H23NO4S. The topological polar surface area (TPSA) is 75.6 Å². The maximum Gasteiger partial charge on any atom is 0.341 e. The number of anilines is 1. The monoisotopic (exact) mass is 373 g/mol. The highest BCUT2D eigenvalue weighted by atomic mass is 32.2. The van der Waals surface area contributed by atoms with Crippen LogP contribution in [-0.2, 0) is 4.79 Å². The molecule has 2 aromatic rings. The molecule has 2 aromatic carbocycles. The second-order valence-corrected chi connectivity index (χ2v) is 8.76. The van der Waals surface area contributed by atoms with E-state index in [4.69, 9.17) is 9.84 Å². The zero-order valence-corrected chi connectivity index (χ0v) is 16.1. The lowest BCUT2D eigenvalue weighted by molar-refractivity contribution is -0.139. The molecule has 0 heterocycles. The molecule has 0 spiro atoms. The molecule has 0 saturated heterocycles. The van der Waals surface area contributed by atoms with E-state index in [-0.39, 0.29) is 10.7 Å². The van der Waals surface area contributed by atoms with Gasteiger partial charge in [-0.15, -0.1) is 11.8 Å². The Labute approximate surface area is 157 Å². The number of hydrogen-bond donors (Lipinski definition) is 2. The minimum atomic E-state index is -1.07. The Morgan fingerprint density at radius 3 is 2.50 bits per heavy atom. The number of aliphatic carboxylic acids is 1. The van der Waals surface area contributed by atoms with E-state index >= 15 is 0 Å². The van der Waals surface area contributed by atoms with Crippen LogP contribution in [-0.4, -0.2) is 28.3 Å². The smallest absolute Gasteiger partial charge is 0.341 e. The molecule has 2 rings (SSSR count). The standard InChI is InChI=1S/C20H23NO4S/c1-13-10-16(26-20(2,3)4)8-9-17(13)21-19(24)14-6-5-7-15(11-14)25-12-18(22)23/h5-11H,12H2,1-4H3,(H,21,24)(H,22,23).